The minimum Gasteiger partial charge on any atom is -0.302 e. The molecule has 1 fully saturated rings. The van der Waals surface area contributed by atoms with E-state index in [9.17, 15) is 4.79 Å². The average molecular weight is 396 g/mol. The quantitative estimate of drug-likeness (QED) is 0.769. The monoisotopic (exact) mass is 395 g/mol. The number of hydrogen-bond acceptors (Lipinski definition) is 4. The summed E-state index contributed by atoms with van der Waals surface area (Å²) in [4.78, 5) is 18.7. The van der Waals surface area contributed by atoms with Crippen molar-refractivity contribution in [2.75, 3.05) is 23.7 Å². The average Bonchev–Trinajstić information content (AvgIpc) is 2.91. The Bertz CT molecular complexity index is 680. The van der Waals surface area contributed by atoms with E-state index < -0.39 is 0 Å². The van der Waals surface area contributed by atoms with Crippen LogP contribution in [0.5, 0.6) is 0 Å². The summed E-state index contributed by atoms with van der Waals surface area (Å²) in [5, 5.41) is 4.22. The molecule has 0 atom stereocenters. The Labute approximate surface area is 149 Å². The number of rotatable bonds is 5. The highest BCUT2D eigenvalue weighted by Gasteiger charge is 2.16. The van der Waals surface area contributed by atoms with E-state index in [-0.39, 0.29) is 5.91 Å². The molecule has 1 aromatic carbocycles. The largest absolute Gasteiger partial charge is 0.302 e. The highest BCUT2D eigenvalue weighted by molar-refractivity contribution is 9.09. The van der Waals surface area contributed by atoms with Gasteiger partial charge in [-0.2, -0.15) is 0 Å². The first-order chi connectivity index (χ1) is 11.1. The fourth-order valence-electron chi connectivity index (χ4n) is 2.87. The summed E-state index contributed by atoms with van der Waals surface area (Å²) in [6.07, 6.45) is 3.06. The maximum Gasteiger partial charge on any atom is 0.226 e. The van der Waals surface area contributed by atoms with Crippen LogP contribution in [0.1, 0.15) is 31.7 Å². The molecule has 1 aliphatic heterocycles. The lowest BCUT2D eigenvalue weighted by Crippen LogP contribution is -2.32. The van der Waals surface area contributed by atoms with Crippen LogP contribution in [0, 0.1) is 5.92 Å². The van der Waals surface area contributed by atoms with Crippen LogP contribution in [-0.4, -0.2) is 34.2 Å². The van der Waals surface area contributed by atoms with Crippen LogP contribution in [0.15, 0.2) is 18.2 Å². The molecule has 0 saturated carbocycles. The van der Waals surface area contributed by atoms with E-state index in [0.717, 1.165) is 22.7 Å². The lowest BCUT2D eigenvalue weighted by molar-refractivity contribution is -0.115. The van der Waals surface area contributed by atoms with Crippen LogP contribution >= 0.6 is 27.3 Å². The maximum atomic E-state index is 11.7. The molecule has 2 aromatic rings. The molecule has 0 bridgehead atoms. The lowest BCUT2D eigenvalue weighted by Gasteiger charge is -2.30. The van der Waals surface area contributed by atoms with Gasteiger partial charge in [-0.3, -0.25) is 9.69 Å². The highest BCUT2D eigenvalue weighted by Crippen LogP contribution is 2.28. The van der Waals surface area contributed by atoms with E-state index in [4.69, 9.17) is 0 Å². The Hall–Kier alpha value is -0.980. The Morgan fingerprint density at radius 3 is 2.96 bits per heavy atom. The SMILES string of the molecule is CC1CCN(Cc2ccc3nc(NC(=O)CCBr)sc3c2)CC1. The normalized spacial score (nSPS) is 16.8. The van der Waals surface area contributed by atoms with Crippen molar-refractivity contribution in [1.82, 2.24) is 9.88 Å². The Morgan fingerprint density at radius 2 is 2.22 bits per heavy atom. The first-order valence-corrected chi connectivity index (χ1v) is 10.1. The molecule has 1 amide bonds. The fourth-order valence-corrected chi connectivity index (χ4v) is 4.17. The van der Waals surface area contributed by atoms with E-state index in [2.05, 4.69) is 56.3 Å². The summed E-state index contributed by atoms with van der Waals surface area (Å²) >= 11 is 4.83. The van der Waals surface area contributed by atoms with Crippen LogP contribution in [0.4, 0.5) is 5.13 Å². The summed E-state index contributed by atoms with van der Waals surface area (Å²) in [5.41, 5.74) is 2.29. The second kappa shape index (κ2) is 7.73. The second-order valence-electron chi connectivity index (χ2n) is 6.27. The predicted octanol–water partition coefficient (Wildman–Crippen LogP) is 4.25. The fraction of sp³-hybridized carbons (Fsp3) is 0.529. The first kappa shape index (κ1) is 16.9. The summed E-state index contributed by atoms with van der Waals surface area (Å²) in [6.45, 7) is 5.73. The molecule has 1 aromatic heterocycles. The third kappa shape index (κ3) is 4.52. The van der Waals surface area contributed by atoms with Crippen molar-refractivity contribution >= 4 is 48.5 Å². The van der Waals surface area contributed by atoms with Crippen LogP contribution in [-0.2, 0) is 11.3 Å². The van der Waals surface area contributed by atoms with Crippen LogP contribution in [0.2, 0.25) is 0 Å². The van der Waals surface area contributed by atoms with E-state index in [0.29, 0.717) is 16.9 Å². The minimum atomic E-state index is 0.00333. The van der Waals surface area contributed by atoms with Crippen molar-refractivity contribution in [3.05, 3.63) is 23.8 Å². The smallest absolute Gasteiger partial charge is 0.226 e. The van der Waals surface area contributed by atoms with E-state index in [1.54, 1.807) is 11.3 Å². The molecule has 23 heavy (non-hydrogen) atoms. The van der Waals surface area contributed by atoms with Gasteiger partial charge < -0.3 is 5.32 Å². The standard InChI is InChI=1S/C17H22BrN3OS/c1-12-5-8-21(9-6-12)11-13-2-3-14-15(10-13)23-17(19-14)20-16(22)4-7-18/h2-3,10,12H,4-9,11H2,1H3,(H,19,20,22). The number of thiazole rings is 1. The molecule has 4 nitrogen and oxygen atoms in total. The summed E-state index contributed by atoms with van der Waals surface area (Å²) in [6, 6.07) is 6.43. The molecule has 0 aliphatic carbocycles. The van der Waals surface area contributed by atoms with Gasteiger partial charge in [0.1, 0.15) is 0 Å². The number of carbonyl (C=O) groups excluding carboxylic acids is 1. The number of carbonyl (C=O) groups is 1. The number of hydrogen-bond donors (Lipinski definition) is 1. The summed E-state index contributed by atoms with van der Waals surface area (Å²) < 4.78 is 1.14. The van der Waals surface area contributed by atoms with Gasteiger partial charge in [-0.1, -0.05) is 40.3 Å². The van der Waals surface area contributed by atoms with Gasteiger partial charge >= 0.3 is 0 Å². The van der Waals surface area contributed by atoms with Gasteiger partial charge in [0.2, 0.25) is 5.91 Å². The van der Waals surface area contributed by atoms with Crippen molar-refractivity contribution in [1.29, 1.82) is 0 Å². The van der Waals surface area contributed by atoms with Gasteiger partial charge in [0.05, 0.1) is 10.2 Å². The number of likely N-dealkylation sites (tertiary alicyclic amines) is 1. The lowest BCUT2D eigenvalue weighted by atomic mass is 9.99. The predicted molar refractivity (Wildman–Crippen MR) is 100 cm³/mol. The zero-order valence-electron chi connectivity index (χ0n) is 13.3. The third-order valence-corrected chi connectivity index (χ3v) is 5.63. The van der Waals surface area contributed by atoms with E-state index in [1.165, 1.54) is 31.5 Å². The van der Waals surface area contributed by atoms with Crippen molar-refractivity contribution in [2.45, 2.75) is 32.7 Å². The van der Waals surface area contributed by atoms with Crippen LogP contribution in [0.3, 0.4) is 0 Å². The van der Waals surface area contributed by atoms with Crippen LogP contribution < -0.4 is 5.32 Å². The molecule has 6 heteroatoms. The molecule has 124 valence electrons. The van der Waals surface area contributed by atoms with Gasteiger partial charge in [-0.25, -0.2) is 4.98 Å². The van der Waals surface area contributed by atoms with E-state index >= 15 is 0 Å². The van der Waals surface area contributed by atoms with Crippen molar-refractivity contribution in [3.63, 3.8) is 0 Å². The van der Waals surface area contributed by atoms with Crippen molar-refractivity contribution < 1.29 is 4.79 Å². The third-order valence-electron chi connectivity index (χ3n) is 4.30. The van der Waals surface area contributed by atoms with Crippen molar-refractivity contribution in [2.24, 2.45) is 5.92 Å². The topological polar surface area (TPSA) is 45.2 Å². The number of aromatic nitrogens is 1. The molecule has 0 radical (unpaired) electrons. The number of benzene rings is 1. The Balaban J connectivity index is 1.68. The highest BCUT2D eigenvalue weighted by atomic mass is 79.9. The van der Waals surface area contributed by atoms with Gasteiger partial charge in [0.25, 0.3) is 0 Å². The number of nitrogens with one attached hydrogen (secondary N) is 1. The summed E-state index contributed by atoms with van der Waals surface area (Å²) in [7, 11) is 0. The molecule has 1 saturated heterocycles. The molecule has 0 unspecified atom stereocenters. The van der Waals surface area contributed by atoms with E-state index in [1.807, 2.05) is 0 Å². The van der Waals surface area contributed by atoms with Crippen LogP contribution in [0.25, 0.3) is 10.2 Å². The first-order valence-electron chi connectivity index (χ1n) is 8.11. The minimum absolute atomic E-state index is 0.00333. The molecular weight excluding hydrogens is 374 g/mol. The number of alkyl halides is 1. The zero-order valence-corrected chi connectivity index (χ0v) is 15.8. The van der Waals surface area contributed by atoms with Crippen molar-refractivity contribution in [3.8, 4) is 0 Å². The summed E-state index contributed by atoms with van der Waals surface area (Å²) in [5.74, 6) is 0.865. The number of piperidine rings is 1. The molecular formula is C17H22BrN3OS. The number of nitrogens with zero attached hydrogens (tertiary/aromatic N) is 2. The maximum absolute atomic E-state index is 11.7. The number of halogens is 1. The Kier molecular flexibility index (Phi) is 5.67. The van der Waals surface area contributed by atoms with Gasteiger partial charge in [-0.05, 0) is 49.5 Å². The van der Waals surface area contributed by atoms with Gasteiger partial charge in [-0.15, -0.1) is 0 Å². The Morgan fingerprint density at radius 1 is 1.43 bits per heavy atom. The molecule has 2 heterocycles. The number of amides is 1. The molecule has 1 aliphatic rings. The van der Waals surface area contributed by atoms with Gasteiger partial charge in [0, 0.05) is 18.3 Å². The number of fused-ring (bicyclic) bond motifs is 1. The van der Waals surface area contributed by atoms with Gasteiger partial charge in [0.15, 0.2) is 5.13 Å². The molecule has 0 spiro atoms. The molecule has 1 N–H and O–H groups in total. The second-order valence-corrected chi connectivity index (χ2v) is 8.09. The zero-order chi connectivity index (χ0) is 16.2. The molecule has 3 rings (SSSR count). The number of anilines is 1.